The van der Waals surface area contributed by atoms with Gasteiger partial charge in [-0.1, -0.05) is 29.8 Å². The van der Waals surface area contributed by atoms with Gasteiger partial charge < -0.3 is 4.90 Å². The van der Waals surface area contributed by atoms with Crippen LogP contribution in [0, 0.1) is 6.92 Å². The maximum absolute atomic E-state index is 4.27. The van der Waals surface area contributed by atoms with Crippen LogP contribution >= 0.6 is 0 Å². The van der Waals surface area contributed by atoms with E-state index < -0.39 is 0 Å². The van der Waals surface area contributed by atoms with Gasteiger partial charge in [-0.25, -0.2) is 0 Å². The third-order valence-corrected chi connectivity index (χ3v) is 2.48. The zero-order valence-corrected chi connectivity index (χ0v) is 8.61. The van der Waals surface area contributed by atoms with Crippen molar-refractivity contribution >= 4 is 6.34 Å². The van der Waals surface area contributed by atoms with Crippen molar-refractivity contribution in [3.8, 4) is 0 Å². The fraction of sp³-hybridized carbons (Fsp3) is 0.417. The minimum atomic E-state index is 0.990. The van der Waals surface area contributed by atoms with Crippen LogP contribution in [0.2, 0.25) is 0 Å². The third kappa shape index (κ3) is 2.34. The molecule has 1 heterocycles. The Labute approximate surface area is 85.3 Å². The highest BCUT2D eigenvalue weighted by Gasteiger charge is 2.04. The van der Waals surface area contributed by atoms with Crippen molar-refractivity contribution in [1.82, 2.24) is 4.90 Å². The van der Waals surface area contributed by atoms with E-state index in [9.17, 15) is 0 Å². The summed E-state index contributed by atoms with van der Waals surface area (Å²) in [4.78, 5) is 6.55. The lowest BCUT2D eigenvalue weighted by Crippen LogP contribution is -2.26. The van der Waals surface area contributed by atoms with E-state index in [1.807, 2.05) is 6.34 Å². The van der Waals surface area contributed by atoms with E-state index in [0.29, 0.717) is 0 Å². The fourth-order valence-corrected chi connectivity index (χ4v) is 1.64. The fourth-order valence-electron chi connectivity index (χ4n) is 1.64. The summed E-state index contributed by atoms with van der Waals surface area (Å²) in [5.41, 5.74) is 2.69. The minimum absolute atomic E-state index is 0.990. The van der Waals surface area contributed by atoms with E-state index in [2.05, 4.69) is 41.1 Å². The topological polar surface area (TPSA) is 15.6 Å². The molecule has 1 aliphatic rings. The second kappa shape index (κ2) is 4.27. The van der Waals surface area contributed by atoms with Gasteiger partial charge in [0.15, 0.2) is 0 Å². The van der Waals surface area contributed by atoms with Crippen molar-refractivity contribution in [3.63, 3.8) is 0 Å². The molecule has 0 fully saturated rings. The van der Waals surface area contributed by atoms with Gasteiger partial charge in [0.2, 0.25) is 0 Å². The van der Waals surface area contributed by atoms with E-state index in [1.165, 1.54) is 17.5 Å². The maximum atomic E-state index is 4.27. The van der Waals surface area contributed by atoms with E-state index in [0.717, 1.165) is 19.6 Å². The van der Waals surface area contributed by atoms with Crippen LogP contribution < -0.4 is 0 Å². The summed E-state index contributed by atoms with van der Waals surface area (Å²) < 4.78 is 0. The van der Waals surface area contributed by atoms with Crippen molar-refractivity contribution in [2.75, 3.05) is 13.1 Å². The summed E-state index contributed by atoms with van der Waals surface area (Å²) in [5, 5.41) is 0. The minimum Gasteiger partial charge on any atom is -0.359 e. The number of rotatable bonds is 2. The summed E-state index contributed by atoms with van der Waals surface area (Å²) in [6, 6.07) is 8.71. The Morgan fingerprint density at radius 2 is 2.07 bits per heavy atom. The standard InChI is InChI=1S/C12H16N2/c1-11-3-5-12(6-4-11)9-14-8-2-7-13-10-14/h3-6,10H,2,7-9H2,1H3. The van der Waals surface area contributed by atoms with Crippen molar-refractivity contribution in [2.24, 2.45) is 4.99 Å². The van der Waals surface area contributed by atoms with Gasteiger partial charge in [-0.3, -0.25) is 4.99 Å². The first-order chi connectivity index (χ1) is 6.84. The zero-order valence-electron chi connectivity index (χ0n) is 8.61. The first-order valence-corrected chi connectivity index (χ1v) is 5.14. The molecule has 0 aromatic heterocycles. The highest BCUT2D eigenvalue weighted by Crippen LogP contribution is 2.07. The Bertz CT molecular complexity index is 314. The lowest BCUT2D eigenvalue weighted by molar-refractivity contribution is 0.401. The van der Waals surface area contributed by atoms with Crippen LogP contribution in [0.5, 0.6) is 0 Å². The smallest absolute Gasteiger partial charge is 0.0852 e. The first kappa shape index (κ1) is 9.25. The molecule has 0 unspecified atom stereocenters. The quantitative estimate of drug-likeness (QED) is 0.695. The molecule has 0 amide bonds. The van der Waals surface area contributed by atoms with Gasteiger partial charge in [-0.05, 0) is 18.9 Å². The lowest BCUT2D eigenvalue weighted by Gasteiger charge is -2.22. The van der Waals surface area contributed by atoms with Crippen LogP contribution in [-0.4, -0.2) is 24.3 Å². The summed E-state index contributed by atoms with van der Waals surface area (Å²) in [6.45, 7) is 5.23. The van der Waals surface area contributed by atoms with Gasteiger partial charge in [0.25, 0.3) is 0 Å². The molecule has 0 aliphatic carbocycles. The molecule has 1 aliphatic heterocycles. The van der Waals surface area contributed by atoms with Gasteiger partial charge in [0.05, 0.1) is 6.34 Å². The normalized spacial score (nSPS) is 15.9. The Morgan fingerprint density at radius 3 is 2.71 bits per heavy atom. The zero-order chi connectivity index (χ0) is 9.80. The van der Waals surface area contributed by atoms with Crippen LogP contribution in [0.15, 0.2) is 29.3 Å². The number of hydrogen-bond acceptors (Lipinski definition) is 2. The number of hydrogen-bond donors (Lipinski definition) is 0. The summed E-state index contributed by atoms with van der Waals surface area (Å²) in [7, 11) is 0. The molecule has 2 heteroatoms. The van der Waals surface area contributed by atoms with Gasteiger partial charge in [-0.2, -0.15) is 0 Å². The molecule has 0 atom stereocenters. The van der Waals surface area contributed by atoms with Crippen LogP contribution in [0.1, 0.15) is 17.5 Å². The molecule has 2 rings (SSSR count). The first-order valence-electron chi connectivity index (χ1n) is 5.14. The maximum Gasteiger partial charge on any atom is 0.0852 e. The van der Waals surface area contributed by atoms with E-state index in [4.69, 9.17) is 0 Å². The second-order valence-electron chi connectivity index (χ2n) is 3.83. The predicted molar refractivity (Wildman–Crippen MR) is 59.6 cm³/mol. The second-order valence-corrected chi connectivity index (χ2v) is 3.83. The lowest BCUT2D eigenvalue weighted by atomic mass is 10.1. The highest BCUT2D eigenvalue weighted by molar-refractivity contribution is 5.55. The molecular formula is C12H16N2. The molecule has 0 radical (unpaired) electrons. The molecule has 1 aromatic carbocycles. The SMILES string of the molecule is Cc1ccc(CN2C=NCCC2)cc1. The van der Waals surface area contributed by atoms with Crippen LogP contribution in [-0.2, 0) is 6.54 Å². The molecule has 2 nitrogen and oxygen atoms in total. The number of benzene rings is 1. The average Bonchev–Trinajstić information content (AvgIpc) is 2.23. The molecule has 74 valence electrons. The molecular weight excluding hydrogens is 172 g/mol. The highest BCUT2D eigenvalue weighted by atomic mass is 15.2. The third-order valence-electron chi connectivity index (χ3n) is 2.48. The van der Waals surface area contributed by atoms with Gasteiger partial charge in [0, 0.05) is 19.6 Å². The number of nitrogens with zero attached hydrogens (tertiary/aromatic N) is 2. The van der Waals surface area contributed by atoms with Crippen LogP contribution in [0.25, 0.3) is 0 Å². The molecule has 1 aromatic rings. The Morgan fingerprint density at radius 1 is 1.29 bits per heavy atom. The molecule has 0 N–H and O–H groups in total. The van der Waals surface area contributed by atoms with E-state index in [-0.39, 0.29) is 0 Å². The molecule has 0 spiro atoms. The monoisotopic (exact) mass is 188 g/mol. The molecule has 14 heavy (non-hydrogen) atoms. The van der Waals surface area contributed by atoms with Crippen molar-refractivity contribution < 1.29 is 0 Å². The molecule has 0 saturated heterocycles. The van der Waals surface area contributed by atoms with Crippen molar-refractivity contribution in [2.45, 2.75) is 19.9 Å². The van der Waals surface area contributed by atoms with Gasteiger partial charge in [-0.15, -0.1) is 0 Å². The van der Waals surface area contributed by atoms with E-state index >= 15 is 0 Å². The van der Waals surface area contributed by atoms with E-state index in [1.54, 1.807) is 0 Å². The van der Waals surface area contributed by atoms with Crippen molar-refractivity contribution in [3.05, 3.63) is 35.4 Å². The Hall–Kier alpha value is -1.31. The molecule has 0 saturated carbocycles. The summed E-state index contributed by atoms with van der Waals surface area (Å²) >= 11 is 0. The number of aryl methyl sites for hydroxylation is 1. The summed E-state index contributed by atoms with van der Waals surface area (Å²) in [5.74, 6) is 0. The van der Waals surface area contributed by atoms with Crippen LogP contribution in [0.4, 0.5) is 0 Å². The van der Waals surface area contributed by atoms with Gasteiger partial charge in [0.1, 0.15) is 0 Å². The Kier molecular flexibility index (Phi) is 2.82. The summed E-state index contributed by atoms with van der Waals surface area (Å²) in [6.07, 6.45) is 3.16. The largest absolute Gasteiger partial charge is 0.359 e. The van der Waals surface area contributed by atoms with Crippen molar-refractivity contribution in [1.29, 1.82) is 0 Å². The molecule has 0 bridgehead atoms. The Balaban J connectivity index is 1.99. The average molecular weight is 188 g/mol. The number of aliphatic imine (C=N–C) groups is 1. The predicted octanol–water partition coefficient (Wildman–Crippen LogP) is 2.23. The van der Waals surface area contributed by atoms with Crippen LogP contribution in [0.3, 0.4) is 0 Å². The van der Waals surface area contributed by atoms with Gasteiger partial charge >= 0.3 is 0 Å².